The van der Waals surface area contributed by atoms with E-state index in [1.54, 1.807) is 12.1 Å². The number of nitrogen functional groups attached to an aromatic ring is 1. The molecule has 0 saturated carbocycles. The zero-order chi connectivity index (χ0) is 15.0. The van der Waals surface area contributed by atoms with E-state index in [2.05, 4.69) is 10.2 Å². The number of nitrogens with two attached hydrogens (primary N) is 1. The van der Waals surface area contributed by atoms with Crippen LogP contribution in [0.15, 0.2) is 46.3 Å². The second-order valence-corrected chi connectivity index (χ2v) is 6.43. The van der Waals surface area contributed by atoms with E-state index in [-0.39, 0.29) is 0 Å². The summed E-state index contributed by atoms with van der Waals surface area (Å²) in [4.78, 5) is 0.689. The van der Waals surface area contributed by atoms with Gasteiger partial charge in [0.1, 0.15) is 5.03 Å². The van der Waals surface area contributed by atoms with Gasteiger partial charge in [0.05, 0.1) is 14.9 Å². The van der Waals surface area contributed by atoms with Gasteiger partial charge in [-0.1, -0.05) is 70.8 Å². The average Bonchev–Trinajstić information content (AvgIpc) is 2.45. The minimum absolute atomic E-state index is 0.365. The van der Waals surface area contributed by atoms with Crippen molar-refractivity contribution in [2.24, 2.45) is 0 Å². The standard InChI is InChI=1S/C14H8Cl3N3S/c15-10-5-7(18)6-11(16)12(10)21-14-9-4-2-1-3-8(9)13(17)19-20-14/h1-6H,18H2. The molecule has 0 bridgehead atoms. The summed E-state index contributed by atoms with van der Waals surface area (Å²) in [5.74, 6) is 0. The molecule has 106 valence electrons. The first kappa shape index (κ1) is 14.7. The first-order valence-electron chi connectivity index (χ1n) is 5.89. The molecule has 0 aliphatic carbocycles. The number of halogens is 3. The number of rotatable bonds is 2. The molecule has 3 rings (SSSR count). The van der Waals surface area contributed by atoms with E-state index in [0.717, 1.165) is 10.8 Å². The van der Waals surface area contributed by atoms with Crippen molar-refractivity contribution in [3.63, 3.8) is 0 Å². The molecule has 2 aromatic carbocycles. The van der Waals surface area contributed by atoms with Crippen LogP contribution in [-0.4, -0.2) is 10.2 Å². The minimum atomic E-state index is 0.365. The second-order valence-electron chi connectivity index (χ2n) is 4.26. The van der Waals surface area contributed by atoms with Gasteiger partial charge in [0.2, 0.25) is 0 Å². The van der Waals surface area contributed by atoms with Crippen molar-refractivity contribution < 1.29 is 0 Å². The van der Waals surface area contributed by atoms with E-state index in [4.69, 9.17) is 40.5 Å². The van der Waals surface area contributed by atoms with E-state index < -0.39 is 0 Å². The molecule has 0 aliphatic rings. The van der Waals surface area contributed by atoms with Crippen molar-refractivity contribution in [2.45, 2.75) is 9.92 Å². The summed E-state index contributed by atoms with van der Waals surface area (Å²) in [6.45, 7) is 0. The van der Waals surface area contributed by atoms with Crippen LogP contribution in [-0.2, 0) is 0 Å². The van der Waals surface area contributed by atoms with Gasteiger partial charge in [-0.15, -0.1) is 10.2 Å². The molecule has 0 atom stereocenters. The normalized spacial score (nSPS) is 11.0. The molecule has 7 heteroatoms. The molecule has 2 N–H and O–H groups in total. The molecular weight excluding hydrogens is 349 g/mol. The van der Waals surface area contributed by atoms with Crippen LogP contribution in [0.2, 0.25) is 15.2 Å². The summed E-state index contributed by atoms with van der Waals surface area (Å²) < 4.78 is 0. The van der Waals surface area contributed by atoms with Gasteiger partial charge in [0, 0.05) is 16.5 Å². The van der Waals surface area contributed by atoms with Gasteiger partial charge in [0.15, 0.2) is 5.15 Å². The lowest BCUT2D eigenvalue weighted by atomic mass is 10.2. The van der Waals surface area contributed by atoms with Crippen LogP contribution in [0.25, 0.3) is 10.8 Å². The fraction of sp³-hybridized carbons (Fsp3) is 0. The van der Waals surface area contributed by atoms with Gasteiger partial charge in [-0.2, -0.15) is 0 Å². The van der Waals surface area contributed by atoms with E-state index in [9.17, 15) is 0 Å². The molecule has 0 spiro atoms. The molecular formula is C14H8Cl3N3S. The highest BCUT2D eigenvalue weighted by atomic mass is 35.5. The summed E-state index contributed by atoms with van der Waals surface area (Å²) in [7, 11) is 0. The third-order valence-corrected chi connectivity index (χ3v) is 5.07. The lowest BCUT2D eigenvalue weighted by molar-refractivity contribution is 0.956. The fourth-order valence-electron chi connectivity index (χ4n) is 1.90. The van der Waals surface area contributed by atoms with Crippen molar-refractivity contribution >= 4 is 63.0 Å². The first-order chi connectivity index (χ1) is 10.1. The number of nitrogens with zero attached hydrogens (tertiary/aromatic N) is 2. The number of aromatic nitrogens is 2. The highest BCUT2D eigenvalue weighted by molar-refractivity contribution is 7.99. The van der Waals surface area contributed by atoms with Gasteiger partial charge < -0.3 is 5.73 Å². The van der Waals surface area contributed by atoms with Gasteiger partial charge in [-0.05, 0) is 12.1 Å². The maximum atomic E-state index is 6.21. The van der Waals surface area contributed by atoms with E-state index in [1.807, 2.05) is 24.3 Å². The zero-order valence-electron chi connectivity index (χ0n) is 10.5. The van der Waals surface area contributed by atoms with Crippen LogP contribution in [0.4, 0.5) is 5.69 Å². The Hall–Kier alpha value is -1.20. The quantitative estimate of drug-likeness (QED) is 0.631. The van der Waals surface area contributed by atoms with Crippen molar-refractivity contribution in [3.8, 4) is 0 Å². The molecule has 21 heavy (non-hydrogen) atoms. The topological polar surface area (TPSA) is 51.8 Å². The van der Waals surface area contributed by atoms with Crippen molar-refractivity contribution in [3.05, 3.63) is 51.6 Å². The zero-order valence-corrected chi connectivity index (χ0v) is 13.6. The van der Waals surface area contributed by atoms with Gasteiger partial charge in [-0.25, -0.2) is 0 Å². The van der Waals surface area contributed by atoms with E-state index in [0.29, 0.717) is 30.8 Å². The van der Waals surface area contributed by atoms with E-state index in [1.165, 1.54) is 11.8 Å². The lowest BCUT2D eigenvalue weighted by Crippen LogP contribution is -1.91. The Morgan fingerprint density at radius 3 is 2.19 bits per heavy atom. The lowest BCUT2D eigenvalue weighted by Gasteiger charge is -2.09. The number of hydrogen-bond donors (Lipinski definition) is 1. The number of benzene rings is 2. The molecule has 0 amide bonds. The summed E-state index contributed by atoms with van der Waals surface area (Å²) in [6.07, 6.45) is 0. The van der Waals surface area contributed by atoms with Gasteiger partial charge in [0.25, 0.3) is 0 Å². The van der Waals surface area contributed by atoms with Crippen molar-refractivity contribution in [1.82, 2.24) is 10.2 Å². The Labute approximate surface area is 140 Å². The molecule has 3 nitrogen and oxygen atoms in total. The molecule has 0 unspecified atom stereocenters. The van der Waals surface area contributed by atoms with Gasteiger partial charge in [-0.3, -0.25) is 0 Å². The molecule has 0 saturated heterocycles. The van der Waals surface area contributed by atoms with Crippen molar-refractivity contribution in [1.29, 1.82) is 0 Å². The van der Waals surface area contributed by atoms with Crippen LogP contribution in [0, 0.1) is 0 Å². The van der Waals surface area contributed by atoms with Gasteiger partial charge >= 0.3 is 0 Å². The Morgan fingerprint density at radius 1 is 0.905 bits per heavy atom. The Balaban J connectivity index is 2.13. The number of anilines is 1. The van der Waals surface area contributed by atoms with E-state index >= 15 is 0 Å². The fourth-order valence-corrected chi connectivity index (χ4v) is 3.71. The Morgan fingerprint density at radius 2 is 1.52 bits per heavy atom. The average molecular weight is 357 g/mol. The SMILES string of the molecule is Nc1cc(Cl)c(Sc2nnc(Cl)c3ccccc23)c(Cl)c1. The van der Waals surface area contributed by atoms with Crippen LogP contribution in [0.3, 0.4) is 0 Å². The monoisotopic (exact) mass is 355 g/mol. The molecule has 0 radical (unpaired) electrons. The number of fused-ring (bicyclic) bond motifs is 1. The summed E-state index contributed by atoms with van der Waals surface area (Å²) in [6, 6.07) is 10.9. The third-order valence-electron chi connectivity index (χ3n) is 2.83. The smallest absolute Gasteiger partial charge is 0.159 e. The summed E-state index contributed by atoms with van der Waals surface area (Å²) >= 11 is 19.8. The maximum Gasteiger partial charge on any atom is 0.159 e. The van der Waals surface area contributed by atoms with Crippen LogP contribution in [0.1, 0.15) is 0 Å². The highest BCUT2D eigenvalue weighted by Crippen LogP contribution is 2.41. The molecule has 1 heterocycles. The van der Waals surface area contributed by atoms with Crippen LogP contribution in [0.5, 0.6) is 0 Å². The highest BCUT2D eigenvalue weighted by Gasteiger charge is 2.14. The summed E-state index contributed by atoms with van der Waals surface area (Å²) in [5, 5.41) is 11.8. The first-order valence-corrected chi connectivity index (χ1v) is 7.84. The molecule has 3 aromatic rings. The third kappa shape index (κ3) is 2.90. The second kappa shape index (κ2) is 5.89. The number of hydrogen-bond acceptors (Lipinski definition) is 4. The van der Waals surface area contributed by atoms with Crippen molar-refractivity contribution in [2.75, 3.05) is 5.73 Å². The van der Waals surface area contributed by atoms with Crippen LogP contribution < -0.4 is 5.73 Å². The largest absolute Gasteiger partial charge is 0.399 e. The Bertz CT molecular complexity index is 816. The molecule has 1 aromatic heterocycles. The predicted octanol–water partition coefficient (Wildman–Crippen LogP) is 5.32. The predicted molar refractivity (Wildman–Crippen MR) is 89.5 cm³/mol. The molecule has 0 fully saturated rings. The minimum Gasteiger partial charge on any atom is -0.399 e. The maximum absolute atomic E-state index is 6.21. The van der Waals surface area contributed by atoms with Crippen LogP contribution >= 0.6 is 46.6 Å². The summed E-state index contributed by atoms with van der Waals surface area (Å²) in [5.41, 5.74) is 6.22. The molecule has 0 aliphatic heterocycles. The Kier molecular flexibility index (Phi) is 4.13.